The van der Waals surface area contributed by atoms with E-state index < -0.39 is 0 Å². The fourth-order valence-corrected chi connectivity index (χ4v) is 3.27. The molecule has 1 N–H and O–H groups in total. The molecule has 150 valence electrons. The van der Waals surface area contributed by atoms with E-state index in [2.05, 4.69) is 5.32 Å². The van der Waals surface area contributed by atoms with Gasteiger partial charge in [-0.2, -0.15) is 0 Å². The Morgan fingerprint density at radius 1 is 1.07 bits per heavy atom. The number of methoxy groups -OCH3 is 1. The maximum Gasteiger partial charge on any atom is 0.248 e. The predicted octanol–water partition coefficient (Wildman–Crippen LogP) is 5.28. The molecule has 0 aliphatic carbocycles. The molecule has 4 aromatic rings. The Balaban J connectivity index is 1.54. The van der Waals surface area contributed by atoms with Crippen molar-refractivity contribution in [3.05, 3.63) is 89.8 Å². The molecule has 0 spiro atoms. The third-order valence-corrected chi connectivity index (χ3v) is 5.01. The van der Waals surface area contributed by atoms with Crippen LogP contribution >= 0.6 is 0 Å². The lowest BCUT2D eigenvalue weighted by molar-refractivity contribution is -0.111. The molecule has 1 amide bonds. The molecular weight excluding hydrogens is 374 g/mol. The van der Waals surface area contributed by atoms with Crippen molar-refractivity contribution in [3.8, 4) is 17.0 Å². The monoisotopic (exact) mass is 397 g/mol. The van der Waals surface area contributed by atoms with Crippen LogP contribution in [0, 0.1) is 13.8 Å². The standard InChI is InChI=1S/C25H23N3O2/c1-17-6-10-20(23-16-28-14-4-5-18(2)25(28)27-23)15-22(17)26-24(29)13-9-19-7-11-21(30-3)12-8-19/h4-16H,1-3H3,(H,26,29)/b13-9+. The van der Waals surface area contributed by atoms with E-state index in [9.17, 15) is 4.79 Å². The topological polar surface area (TPSA) is 55.6 Å². The zero-order valence-corrected chi connectivity index (χ0v) is 17.2. The molecule has 0 atom stereocenters. The minimum atomic E-state index is -0.183. The number of pyridine rings is 1. The Morgan fingerprint density at radius 2 is 1.87 bits per heavy atom. The molecule has 2 heterocycles. The summed E-state index contributed by atoms with van der Waals surface area (Å²) in [6.07, 6.45) is 7.29. The Kier molecular flexibility index (Phi) is 5.35. The number of carbonyl (C=O) groups excluding carboxylic acids is 1. The number of nitrogens with zero attached hydrogens (tertiary/aromatic N) is 2. The van der Waals surface area contributed by atoms with Crippen molar-refractivity contribution in [3.63, 3.8) is 0 Å². The molecule has 0 unspecified atom stereocenters. The van der Waals surface area contributed by atoms with Crippen LogP contribution in [0.5, 0.6) is 5.75 Å². The van der Waals surface area contributed by atoms with Crippen LogP contribution in [-0.4, -0.2) is 22.4 Å². The predicted molar refractivity (Wildman–Crippen MR) is 121 cm³/mol. The quantitative estimate of drug-likeness (QED) is 0.466. The summed E-state index contributed by atoms with van der Waals surface area (Å²) < 4.78 is 7.16. The van der Waals surface area contributed by atoms with E-state index in [0.29, 0.717) is 0 Å². The third-order valence-electron chi connectivity index (χ3n) is 5.01. The van der Waals surface area contributed by atoms with Crippen LogP contribution in [0.3, 0.4) is 0 Å². The summed E-state index contributed by atoms with van der Waals surface area (Å²) in [7, 11) is 1.63. The van der Waals surface area contributed by atoms with Gasteiger partial charge in [-0.3, -0.25) is 4.79 Å². The lowest BCUT2D eigenvalue weighted by Crippen LogP contribution is -2.09. The summed E-state index contributed by atoms with van der Waals surface area (Å²) in [6.45, 7) is 4.02. The highest BCUT2D eigenvalue weighted by Gasteiger charge is 2.09. The molecule has 4 rings (SSSR count). The van der Waals surface area contributed by atoms with Gasteiger partial charge in [0.1, 0.15) is 11.4 Å². The van der Waals surface area contributed by atoms with Gasteiger partial charge in [-0.15, -0.1) is 0 Å². The van der Waals surface area contributed by atoms with Crippen molar-refractivity contribution in [1.82, 2.24) is 9.38 Å². The van der Waals surface area contributed by atoms with Gasteiger partial charge in [0.05, 0.1) is 12.8 Å². The highest BCUT2D eigenvalue weighted by atomic mass is 16.5. The normalized spacial score (nSPS) is 11.2. The van der Waals surface area contributed by atoms with E-state index in [0.717, 1.165) is 45.0 Å². The average molecular weight is 397 g/mol. The van der Waals surface area contributed by atoms with E-state index in [-0.39, 0.29) is 5.91 Å². The number of nitrogens with one attached hydrogen (secondary N) is 1. The second-order valence-corrected chi connectivity index (χ2v) is 7.17. The van der Waals surface area contributed by atoms with Crippen molar-refractivity contribution < 1.29 is 9.53 Å². The summed E-state index contributed by atoms with van der Waals surface area (Å²) >= 11 is 0. The van der Waals surface area contributed by atoms with E-state index in [1.54, 1.807) is 13.2 Å². The fourth-order valence-electron chi connectivity index (χ4n) is 3.27. The number of benzene rings is 2. The highest BCUT2D eigenvalue weighted by Crippen LogP contribution is 2.26. The molecule has 30 heavy (non-hydrogen) atoms. The largest absolute Gasteiger partial charge is 0.497 e. The SMILES string of the molecule is COc1ccc(/C=C/C(=O)Nc2cc(-c3cn4cccc(C)c4n3)ccc2C)cc1. The average Bonchev–Trinajstić information content (AvgIpc) is 3.20. The Bertz CT molecular complexity index is 1240. The Morgan fingerprint density at radius 3 is 2.60 bits per heavy atom. The van der Waals surface area contributed by atoms with Crippen molar-refractivity contribution >= 4 is 23.3 Å². The van der Waals surface area contributed by atoms with Crippen LogP contribution in [0.1, 0.15) is 16.7 Å². The number of hydrogen-bond donors (Lipinski definition) is 1. The first-order chi connectivity index (χ1) is 14.5. The first-order valence-corrected chi connectivity index (χ1v) is 9.72. The van der Waals surface area contributed by atoms with Gasteiger partial charge in [0.15, 0.2) is 0 Å². The molecule has 0 radical (unpaired) electrons. The second kappa shape index (κ2) is 8.25. The first kappa shape index (κ1) is 19.5. The number of anilines is 1. The van der Waals surface area contributed by atoms with E-state index in [1.807, 2.05) is 85.2 Å². The zero-order valence-electron chi connectivity index (χ0n) is 17.2. The number of aryl methyl sites for hydroxylation is 2. The molecule has 5 nitrogen and oxygen atoms in total. The molecule has 2 aromatic heterocycles. The first-order valence-electron chi connectivity index (χ1n) is 9.72. The Labute approximate surface area is 175 Å². The molecular formula is C25H23N3O2. The number of fused-ring (bicyclic) bond motifs is 1. The van der Waals surface area contributed by atoms with E-state index in [1.165, 1.54) is 6.08 Å². The van der Waals surface area contributed by atoms with Crippen LogP contribution in [0.2, 0.25) is 0 Å². The molecule has 0 fully saturated rings. The lowest BCUT2D eigenvalue weighted by atomic mass is 10.1. The summed E-state index contributed by atoms with van der Waals surface area (Å²) in [6, 6.07) is 17.6. The summed E-state index contributed by atoms with van der Waals surface area (Å²) in [5.74, 6) is 0.600. The van der Waals surface area contributed by atoms with Gasteiger partial charge in [-0.25, -0.2) is 4.98 Å². The maximum absolute atomic E-state index is 12.5. The van der Waals surface area contributed by atoms with E-state index in [4.69, 9.17) is 9.72 Å². The molecule has 0 saturated carbocycles. The van der Waals surface area contributed by atoms with Crippen LogP contribution in [0.15, 0.2) is 73.1 Å². The molecule has 5 heteroatoms. The number of aromatic nitrogens is 2. The van der Waals surface area contributed by atoms with Crippen LogP contribution in [0.4, 0.5) is 5.69 Å². The number of ether oxygens (including phenoxy) is 1. The Hall–Kier alpha value is -3.86. The van der Waals surface area contributed by atoms with Gasteiger partial charge in [0, 0.05) is 29.7 Å². The number of imidazole rings is 1. The second-order valence-electron chi connectivity index (χ2n) is 7.17. The number of rotatable bonds is 5. The van der Waals surface area contributed by atoms with Crippen molar-refractivity contribution in [2.75, 3.05) is 12.4 Å². The molecule has 0 aliphatic heterocycles. The van der Waals surface area contributed by atoms with Gasteiger partial charge in [0.25, 0.3) is 0 Å². The van der Waals surface area contributed by atoms with E-state index >= 15 is 0 Å². The van der Waals surface area contributed by atoms with Gasteiger partial charge >= 0.3 is 0 Å². The lowest BCUT2D eigenvalue weighted by Gasteiger charge is -2.08. The number of hydrogen-bond acceptors (Lipinski definition) is 3. The minimum absolute atomic E-state index is 0.183. The van der Waals surface area contributed by atoms with Crippen LogP contribution < -0.4 is 10.1 Å². The molecule has 2 aromatic carbocycles. The van der Waals surface area contributed by atoms with Crippen molar-refractivity contribution in [1.29, 1.82) is 0 Å². The molecule has 0 saturated heterocycles. The van der Waals surface area contributed by atoms with Crippen molar-refractivity contribution in [2.24, 2.45) is 0 Å². The summed E-state index contributed by atoms with van der Waals surface area (Å²) in [5.41, 5.74) is 6.56. The molecule has 0 aliphatic rings. The van der Waals surface area contributed by atoms with Gasteiger partial charge in [-0.1, -0.05) is 30.3 Å². The third kappa shape index (κ3) is 4.10. The highest BCUT2D eigenvalue weighted by molar-refractivity contribution is 6.02. The maximum atomic E-state index is 12.5. The summed E-state index contributed by atoms with van der Waals surface area (Å²) in [4.78, 5) is 17.2. The smallest absolute Gasteiger partial charge is 0.248 e. The van der Waals surface area contributed by atoms with Crippen LogP contribution in [0.25, 0.3) is 23.0 Å². The summed E-state index contributed by atoms with van der Waals surface area (Å²) in [5, 5.41) is 2.97. The van der Waals surface area contributed by atoms with Gasteiger partial charge < -0.3 is 14.5 Å². The zero-order chi connectivity index (χ0) is 21.1. The molecule has 0 bridgehead atoms. The minimum Gasteiger partial charge on any atom is -0.497 e. The number of amides is 1. The fraction of sp³-hybridized carbons (Fsp3) is 0.120. The van der Waals surface area contributed by atoms with Crippen LogP contribution in [-0.2, 0) is 4.79 Å². The van der Waals surface area contributed by atoms with Crippen molar-refractivity contribution in [2.45, 2.75) is 13.8 Å². The number of carbonyl (C=O) groups is 1. The van der Waals surface area contributed by atoms with Gasteiger partial charge in [-0.05, 0) is 60.9 Å². The van der Waals surface area contributed by atoms with Gasteiger partial charge in [0.2, 0.25) is 5.91 Å².